The molecule has 0 N–H and O–H groups in total. The highest BCUT2D eigenvalue weighted by atomic mass is 32.2. The largest absolute Gasteiger partial charge is 0.304 e. The fourth-order valence-electron chi connectivity index (χ4n) is 0.609. The molecule has 0 bridgehead atoms. The molecule has 1 unspecified atom stereocenters. The van der Waals surface area contributed by atoms with Crippen molar-refractivity contribution in [3.63, 3.8) is 0 Å². The fraction of sp³-hybridized carbons (Fsp3) is 1.00. The number of hydrogen-bond donors (Lipinski definition) is 0. The Morgan fingerprint density at radius 2 is 1.91 bits per heavy atom. The predicted molar refractivity (Wildman–Crippen MR) is 45.2 cm³/mol. The fourth-order valence-corrected chi connectivity index (χ4v) is 1.12. The van der Waals surface area contributed by atoms with E-state index < -0.39 is 11.4 Å². The summed E-state index contributed by atoms with van der Waals surface area (Å²) in [4.78, 5) is 0. The van der Waals surface area contributed by atoms with E-state index in [4.69, 9.17) is 4.18 Å². The van der Waals surface area contributed by atoms with E-state index in [9.17, 15) is 4.21 Å². The molecule has 0 heterocycles. The molecule has 0 aliphatic heterocycles. The van der Waals surface area contributed by atoms with E-state index in [1.807, 2.05) is 0 Å². The van der Waals surface area contributed by atoms with Gasteiger partial charge in [0, 0.05) is 0 Å². The van der Waals surface area contributed by atoms with Crippen LogP contribution in [0.5, 0.6) is 0 Å². The van der Waals surface area contributed by atoms with Gasteiger partial charge in [0.2, 0.25) is 0 Å². The first-order valence-electron chi connectivity index (χ1n) is 3.99. The summed E-state index contributed by atoms with van der Waals surface area (Å²) >= 11 is -1.52. The summed E-state index contributed by atoms with van der Waals surface area (Å²) in [5.41, 5.74) is 0. The highest BCUT2D eigenvalue weighted by Crippen LogP contribution is 1.96. The second kappa shape index (κ2) is 8.17. The Morgan fingerprint density at radius 1 is 1.18 bits per heavy atom. The van der Waals surface area contributed by atoms with Crippen LogP contribution < -0.4 is 0 Å². The van der Waals surface area contributed by atoms with Gasteiger partial charge in [0.1, 0.15) is 0 Å². The van der Waals surface area contributed by atoms with Crippen LogP contribution >= 0.6 is 0 Å². The molecule has 4 heteroatoms. The van der Waals surface area contributed by atoms with Crippen molar-refractivity contribution < 1.29 is 12.6 Å². The monoisotopic (exact) mass is 180 g/mol. The third-order valence-electron chi connectivity index (χ3n) is 1.14. The molecule has 0 aliphatic rings. The van der Waals surface area contributed by atoms with Crippen molar-refractivity contribution in [2.45, 2.75) is 33.1 Å². The molecule has 68 valence electrons. The van der Waals surface area contributed by atoms with E-state index in [0.29, 0.717) is 13.2 Å². The van der Waals surface area contributed by atoms with Crippen LogP contribution in [-0.4, -0.2) is 17.4 Å². The molecule has 11 heavy (non-hydrogen) atoms. The maximum Gasteiger partial charge on any atom is 0.304 e. The molecular weight excluding hydrogens is 164 g/mol. The minimum absolute atomic E-state index is 0.431. The Labute approximate surface area is 70.9 Å². The Balaban J connectivity index is 3.04. The normalized spacial score (nSPS) is 13.3. The van der Waals surface area contributed by atoms with Gasteiger partial charge in [0.15, 0.2) is 0 Å². The van der Waals surface area contributed by atoms with Crippen molar-refractivity contribution in [2.75, 3.05) is 13.2 Å². The summed E-state index contributed by atoms with van der Waals surface area (Å²) in [6.07, 6.45) is 3.21. The molecule has 0 fully saturated rings. The van der Waals surface area contributed by atoms with Crippen molar-refractivity contribution in [3.8, 4) is 0 Å². The second-order valence-corrected chi connectivity index (χ2v) is 3.02. The Morgan fingerprint density at radius 3 is 2.45 bits per heavy atom. The Hall–Kier alpha value is 0.0700. The van der Waals surface area contributed by atoms with Gasteiger partial charge in [0.05, 0.1) is 13.2 Å². The standard InChI is InChI=1S/C7H16O3S/c1-3-5-6-7-10-11(8)9-4-2/h3-7H2,1-2H3. The molecule has 0 radical (unpaired) electrons. The van der Waals surface area contributed by atoms with E-state index in [0.717, 1.165) is 19.3 Å². The van der Waals surface area contributed by atoms with Crippen LogP contribution in [0.1, 0.15) is 33.1 Å². The molecule has 0 saturated heterocycles. The highest BCUT2D eigenvalue weighted by Gasteiger charge is 1.97. The van der Waals surface area contributed by atoms with Crippen LogP contribution in [0.4, 0.5) is 0 Å². The van der Waals surface area contributed by atoms with Crippen molar-refractivity contribution in [1.82, 2.24) is 0 Å². The summed E-state index contributed by atoms with van der Waals surface area (Å²) in [6.45, 7) is 4.85. The van der Waals surface area contributed by atoms with Crippen molar-refractivity contribution in [1.29, 1.82) is 0 Å². The maximum atomic E-state index is 10.7. The average molecular weight is 180 g/mol. The van der Waals surface area contributed by atoms with Crippen LogP contribution in [0.25, 0.3) is 0 Å². The van der Waals surface area contributed by atoms with Gasteiger partial charge in [-0.05, 0) is 13.3 Å². The molecule has 3 nitrogen and oxygen atoms in total. The zero-order valence-electron chi connectivity index (χ0n) is 7.17. The molecule has 1 atom stereocenters. The first-order valence-corrected chi connectivity index (χ1v) is 4.99. The third kappa shape index (κ3) is 7.97. The molecule has 0 amide bonds. The van der Waals surface area contributed by atoms with E-state index >= 15 is 0 Å². The van der Waals surface area contributed by atoms with E-state index in [2.05, 4.69) is 11.1 Å². The Bertz CT molecular complexity index is 106. The molecular formula is C7H16O3S. The molecule has 0 aromatic rings. The first kappa shape index (κ1) is 11.1. The van der Waals surface area contributed by atoms with Gasteiger partial charge in [-0.25, -0.2) is 0 Å². The van der Waals surface area contributed by atoms with Gasteiger partial charge >= 0.3 is 11.4 Å². The molecule has 0 aromatic carbocycles. The maximum absolute atomic E-state index is 10.7. The van der Waals surface area contributed by atoms with Crippen LogP contribution in [0, 0.1) is 0 Å². The SMILES string of the molecule is CCCCCOS(=O)OCC. The first-order chi connectivity index (χ1) is 5.31. The lowest BCUT2D eigenvalue weighted by Gasteiger charge is -2.00. The smallest absolute Gasteiger partial charge is 0.269 e. The summed E-state index contributed by atoms with van der Waals surface area (Å²) < 4.78 is 20.2. The lowest BCUT2D eigenvalue weighted by Crippen LogP contribution is -2.02. The minimum Gasteiger partial charge on any atom is -0.269 e. The topological polar surface area (TPSA) is 35.5 Å². The van der Waals surface area contributed by atoms with Crippen LogP contribution in [0.2, 0.25) is 0 Å². The van der Waals surface area contributed by atoms with Gasteiger partial charge in [-0.15, -0.1) is 0 Å². The quantitative estimate of drug-likeness (QED) is 0.560. The average Bonchev–Trinajstić information content (AvgIpc) is 1.99. The zero-order valence-corrected chi connectivity index (χ0v) is 7.99. The highest BCUT2D eigenvalue weighted by molar-refractivity contribution is 7.75. The van der Waals surface area contributed by atoms with Gasteiger partial charge in [0.25, 0.3) is 0 Å². The van der Waals surface area contributed by atoms with Gasteiger partial charge < -0.3 is 0 Å². The van der Waals surface area contributed by atoms with E-state index in [1.54, 1.807) is 6.92 Å². The molecule has 0 rings (SSSR count). The summed E-state index contributed by atoms with van der Waals surface area (Å²) in [6, 6.07) is 0. The van der Waals surface area contributed by atoms with Crippen LogP contribution in [-0.2, 0) is 19.7 Å². The molecule has 0 aromatic heterocycles. The van der Waals surface area contributed by atoms with Crippen molar-refractivity contribution in [3.05, 3.63) is 0 Å². The van der Waals surface area contributed by atoms with Crippen LogP contribution in [0.3, 0.4) is 0 Å². The summed E-state index contributed by atoms with van der Waals surface area (Å²) in [5, 5.41) is 0. The summed E-state index contributed by atoms with van der Waals surface area (Å²) in [7, 11) is 0. The van der Waals surface area contributed by atoms with Gasteiger partial charge in [-0.1, -0.05) is 19.8 Å². The molecule has 0 saturated carbocycles. The predicted octanol–water partition coefficient (Wildman–Crippen LogP) is 1.81. The molecule has 0 spiro atoms. The number of unbranched alkanes of at least 4 members (excludes halogenated alkanes) is 2. The van der Waals surface area contributed by atoms with E-state index in [-0.39, 0.29) is 0 Å². The van der Waals surface area contributed by atoms with Crippen molar-refractivity contribution >= 4 is 11.4 Å². The number of hydrogen-bond acceptors (Lipinski definition) is 3. The zero-order chi connectivity index (χ0) is 8.53. The minimum atomic E-state index is -1.52. The Kier molecular flexibility index (Phi) is 8.22. The molecule has 0 aliphatic carbocycles. The van der Waals surface area contributed by atoms with Gasteiger partial charge in [-0.2, -0.15) is 4.21 Å². The second-order valence-electron chi connectivity index (χ2n) is 2.14. The number of rotatable bonds is 7. The lowest BCUT2D eigenvalue weighted by atomic mass is 10.3. The van der Waals surface area contributed by atoms with Crippen molar-refractivity contribution in [2.24, 2.45) is 0 Å². The lowest BCUT2D eigenvalue weighted by molar-refractivity contribution is 0.254. The van der Waals surface area contributed by atoms with Crippen LogP contribution in [0.15, 0.2) is 0 Å². The van der Waals surface area contributed by atoms with E-state index in [1.165, 1.54) is 0 Å². The summed E-state index contributed by atoms with van der Waals surface area (Å²) in [5.74, 6) is 0. The third-order valence-corrected chi connectivity index (χ3v) is 1.93. The van der Waals surface area contributed by atoms with Gasteiger partial charge in [-0.3, -0.25) is 8.37 Å².